The van der Waals surface area contributed by atoms with Gasteiger partial charge in [0.05, 0.1) is 6.21 Å². The smallest absolute Gasteiger partial charge is 0.271 e. The lowest BCUT2D eigenvalue weighted by molar-refractivity contribution is -0.136. The summed E-state index contributed by atoms with van der Waals surface area (Å²) in [5.41, 5.74) is 2.34. The summed E-state index contributed by atoms with van der Waals surface area (Å²) in [6, 6.07) is 12.4. The molecule has 0 spiro atoms. The molecule has 0 aliphatic carbocycles. The minimum absolute atomic E-state index is 0.298. The van der Waals surface area contributed by atoms with E-state index in [9.17, 15) is 9.90 Å². The third-order valence-corrected chi connectivity index (χ3v) is 3.79. The molecule has 2 N–H and O–H groups in total. The predicted molar refractivity (Wildman–Crippen MR) is 99.3 cm³/mol. The van der Waals surface area contributed by atoms with Crippen LogP contribution in [0.5, 0.6) is 5.75 Å². The molecule has 0 aliphatic heterocycles. The molecular formula is C18H18Cl2N2O3. The summed E-state index contributed by atoms with van der Waals surface area (Å²) in [7, 11) is 0. The van der Waals surface area contributed by atoms with Crippen LogP contribution in [0.3, 0.4) is 0 Å². The number of nitrogens with one attached hydrogen (secondary N) is 1. The lowest BCUT2D eigenvalue weighted by atomic mass is 10.1. The normalized spacial score (nSPS) is 11.6. The molecule has 25 heavy (non-hydrogen) atoms. The van der Waals surface area contributed by atoms with Gasteiger partial charge in [-0.3, -0.25) is 4.79 Å². The van der Waals surface area contributed by atoms with Gasteiger partial charge in [-0.15, -0.1) is 0 Å². The number of ether oxygens (including phenoxy) is 1. The molecule has 132 valence electrons. The Kier molecular flexibility index (Phi) is 6.42. The average molecular weight is 381 g/mol. The van der Waals surface area contributed by atoms with Crippen molar-refractivity contribution in [2.75, 3.05) is 0 Å². The largest absolute Gasteiger partial charge is 0.489 e. The monoisotopic (exact) mass is 380 g/mol. The molecule has 5 nitrogen and oxygen atoms in total. The Morgan fingerprint density at radius 2 is 2.04 bits per heavy atom. The molecule has 0 saturated carbocycles. The van der Waals surface area contributed by atoms with Gasteiger partial charge in [0.15, 0.2) is 0 Å². The number of halogens is 2. The van der Waals surface area contributed by atoms with Crippen molar-refractivity contribution in [2.45, 2.75) is 26.1 Å². The SMILES string of the molecule is CC(C)(O)C(=O)NN=Cc1cccc(OCc2ccc(Cl)cc2Cl)c1. The molecule has 0 bridgehead atoms. The van der Waals surface area contributed by atoms with Crippen LogP contribution in [0.1, 0.15) is 25.0 Å². The Labute approximate surface area is 156 Å². The van der Waals surface area contributed by atoms with Crippen molar-refractivity contribution in [3.8, 4) is 5.75 Å². The summed E-state index contributed by atoms with van der Waals surface area (Å²) in [6.45, 7) is 3.06. The molecule has 0 aliphatic rings. The summed E-state index contributed by atoms with van der Waals surface area (Å²) in [6.07, 6.45) is 1.46. The van der Waals surface area contributed by atoms with Crippen molar-refractivity contribution in [1.82, 2.24) is 5.43 Å². The van der Waals surface area contributed by atoms with Gasteiger partial charge in [0.2, 0.25) is 0 Å². The van der Waals surface area contributed by atoms with Gasteiger partial charge < -0.3 is 9.84 Å². The highest BCUT2D eigenvalue weighted by Gasteiger charge is 2.22. The number of aliphatic hydroxyl groups is 1. The zero-order valence-corrected chi connectivity index (χ0v) is 15.3. The molecule has 0 atom stereocenters. The molecule has 2 aromatic carbocycles. The first-order chi connectivity index (χ1) is 11.8. The van der Waals surface area contributed by atoms with Gasteiger partial charge >= 0.3 is 0 Å². The molecular weight excluding hydrogens is 363 g/mol. The van der Waals surface area contributed by atoms with Crippen LogP contribution in [-0.2, 0) is 11.4 Å². The van der Waals surface area contributed by atoms with E-state index in [-0.39, 0.29) is 0 Å². The van der Waals surface area contributed by atoms with Gasteiger partial charge in [-0.2, -0.15) is 5.10 Å². The van der Waals surface area contributed by atoms with E-state index in [1.165, 1.54) is 20.1 Å². The zero-order chi connectivity index (χ0) is 18.4. The van der Waals surface area contributed by atoms with Crippen LogP contribution in [-0.4, -0.2) is 22.8 Å². The van der Waals surface area contributed by atoms with Crippen molar-refractivity contribution in [3.63, 3.8) is 0 Å². The van der Waals surface area contributed by atoms with Gasteiger partial charge in [0.1, 0.15) is 18.0 Å². The molecule has 0 saturated heterocycles. The lowest BCUT2D eigenvalue weighted by Crippen LogP contribution is -2.39. The van der Waals surface area contributed by atoms with E-state index in [2.05, 4.69) is 10.5 Å². The average Bonchev–Trinajstić information content (AvgIpc) is 2.53. The van der Waals surface area contributed by atoms with Crippen LogP contribution in [0.15, 0.2) is 47.6 Å². The van der Waals surface area contributed by atoms with Crippen LogP contribution in [0, 0.1) is 0 Å². The maximum Gasteiger partial charge on any atom is 0.271 e. The van der Waals surface area contributed by atoms with Crippen molar-refractivity contribution >= 4 is 35.3 Å². The Balaban J connectivity index is 1.98. The third-order valence-electron chi connectivity index (χ3n) is 3.20. The molecule has 2 rings (SSSR count). The minimum atomic E-state index is -1.49. The summed E-state index contributed by atoms with van der Waals surface area (Å²) in [4.78, 5) is 11.5. The van der Waals surface area contributed by atoms with Crippen molar-refractivity contribution in [1.29, 1.82) is 0 Å². The maximum atomic E-state index is 11.5. The molecule has 0 radical (unpaired) electrons. The fourth-order valence-electron chi connectivity index (χ4n) is 1.79. The van der Waals surface area contributed by atoms with E-state index in [1.54, 1.807) is 30.3 Å². The van der Waals surface area contributed by atoms with Crippen LogP contribution in [0.2, 0.25) is 10.0 Å². The Hall–Kier alpha value is -2.08. The minimum Gasteiger partial charge on any atom is -0.489 e. The summed E-state index contributed by atoms with van der Waals surface area (Å²) in [5.74, 6) is 0.0392. The molecule has 0 heterocycles. The van der Waals surface area contributed by atoms with Crippen LogP contribution in [0.25, 0.3) is 0 Å². The number of hydrogen-bond donors (Lipinski definition) is 2. The number of rotatable bonds is 6. The number of hydrogen-bond acceptors (Lipinski definition) is 4. The zero-order valence-electron chi connectivity index (χ0n) is 13.8. The highest BCUT2D eigenvalue weighted by Crippen LogP contribution is 2.23. The Bertz CT molecular complexity index is 786. The second-order valence-corrected chi connectivity index (χ2v) is 6.70. The second-order valence-electron chi connectivity index (χ2n) is 5.86. The Morgan fingerprint density at radius 1 is 1.28 bits per heavy atom. The number of nitrogens with zero attached hydrogens (tertiary/aromatic N) is 1. The first-order valence-corrected chi connectivity index (χ1v) is 8.24. The molecule has 0 aromatic heterocycles. The molecule has 2 aromatic rings. The van der Waals surface area contributed by atoms with E-state index >= 15 is 0 Å². The van der Waals surface area contributed by atoms with Crippen molar-refractivity contribution < 1.29 is 14.6 Å². The van der Waals surface area contributed by atoms with E-state index in [1.807, 2.05) is 12.1 Å². The number of carbonyl (C=O) groups excluding carboxylic acids is 1. The molecule has 0 unspecified atom stereocenters. The number of carbonyl (C=O) groups is 1. The predicted octanol–water partition coefficient (Wildman–Crippen LogP) is 3.79. The molecule has 0 fully saturated rings. The fraction of sp³-hybridized carbons (Fsp3) is 0.222. The number of amides is 1. The highest BCUT2D eigenvalue weighted by molar-refractivity contribution is 6.35. The van der Waals surface area contributed by atoms with Gasteiger partial charge in [0, 0.05) is 15.6 Å². The van der Waals surface area contributed by atoms with E-state index in [0.29, 0.717) is 22.4 Å². The highest BCUT2D eigenvalue weighted by atomic mass is 35.5. The Morgan fingerprint density at radius 3 is 2.72 bits per heavy atom. The van der Waals surface area contributed by atoms with Crippen molar-refractivity contribution in [2.24, 2.45) is 5.10 Å². The first-order valence-electron chi connectivity index (χ1n) is 7.48. The van der Waals surface area contributed by atoms with Gasteiger partial charge in [0.25, 0.3) is 5.91 Å². The summed E-state index contributed by atoms with van der Waals surface area (Å²) in [5, 5.41) is 14.4. The first kappa shape index (κ1) is 19.2. The lowest BCUT2D eigenvalue weighted by Gasteiger charge is -2.13. The summed E-state index contributed by atoms with van der Waals surface area (Å²) < 4.78 is 5.72. The van der Waals surface area contributed by atoms with Crippen molar-refractivity contribution in [3.05, 3.63) is 63.6 Å². The summed E-state index contributed by atoms with van der Waals surface area (Å²) >= 11 is 12.0. The van der Waals surface area contributed by atoms with Gasteiger partial charge in [-0.1, -0.05) is 41.4 Å². The van der Waals surface area contributed by atoms with Crippen LogP contribution < -0.4 is 10.2 Å². The van der Waals surface area contributed by atoms with Gasteiger partial charge in [-0.05, 0) is 43.7 Å². The molecule has 1 amide bonds. The topological polar surface area (TPSA) is 70.9 Å². The number of hydrazone groups is 1. The van der Waals surface area contributed by atoms with E-state index in [4.69, 9.17) is 27.9 Å². The standard InChI is InChI=1S/C18H18Cl2N2O3/c1-18(2,24)17(23)22-21-10-12-4-3-5-15(8-12)25-11-13-6-7-14(19)9-16(13)20/h3-10,24H,11H2,1-2H3,(H,22,23). The number of benzene rings is 2. The van der Waals surface area contributed by atoms with Crippen LogP contribution >= 0.6 is 23.2 Å². The quantitative estimate of drug-likeness (QED) is 0.591. The maximum absolute atomic E-state index is 11.5. The third kappa shape index (κ3) is 6.05. The van der Waals surface area contributed by atoms with E-state index < -0.39 is 11.5 Å². The second kappa shape index (κ2) is 8.34. The van der Waals surface area contributed by atoms with Crippen LogP contribution in [0.4, 0.5) is 0 Å². The van der Waals surface area contributed by atoms with Gasteiger partial charge in [-0.25, -0.2) is 5.43 Å². The molecule has 7 heteroatoms. The fourth-order valence-corrected chi connectivity index (χ4v) is 2.25. The van der Waals surface area contributed by atoms with E-state index in [0.717, 1.165) is 11.1 Å².